The molecule has 0 spiro atoms. The van der Waals surface area contributed by atoms with Gasteiger partial charge in [-0.05, 0) is 25.0 Å². The first kappa shape index (κ1) is 14.0. The molecule has 1 heterocycles. The third kappa shape index (κ3) is 2.51. The summed E-state index contributed by atoms with van der Waals surface area (Å²) in [6.45, 7) is 1.56. The Kier molecular flexibility index (Phi) is 3.41. The summed E-state index contributed by atoms with van der Waals surface area (Å²) in [7, 11) is -3.45. The molecular formula is C15H15NO4S. The van der Waals surface area contributed by atoms with Crippen molar-refractivity contribution in [3.63, 3.8) is 0 Å². The Morgan fingerprint density at radius 2 is 2.00 bits per heavy atom. The minimum Gasteiger partial charge on any atom is -0.360 e. The Morgan fingerprint density at radius 1 is 1.29 bits per heavy atom. The van der Waals surface area contributed by atoms with Crippen LogP contribution >= 0.6 is 0 Å². The fourth-order valence-corrected chi connectivity index (χ4v) is 3.38. The SMILES string of the molecule is CCS(=O)(=O)c1ccccc1C(=O)c1cnoc1C1CC1. The molecular weight excluding hydrogens is 290 g/mol. The molecule has 2 aromatic rings. The van der Waals surface area contributed by atoms with Crippen LogP contribution in [0.25, 0.3) is 0 Å². The number of sulfone groups is 1. The van der Waals surface area contributed by atoms with Crippen LogP contribution in [0.4, 0.5) is 0 Å². The molecule has 1 aromatic heterocycles. The van der Waals surface area contributed by atoms with Gasteiger partial charge in [0, 0.05) is 11.5 Å². The zero-order valence-electron chi connectivity index (χ0n) is 11.6. The van der Waals surface area contributed by atoms with E-state index in [1.54, 1.807) is 19.1 Å². The van der Waals surface area contributed by atoms with Gasteiger partial charge >= 0.3 is 0 Å². The Morgan fingerprint density at radius 3 is 2.67 bits per heavy atom. The number of benzene rings is 1. The highest BCUT2D eigenvalue weighted by Crippen LogP contribution is 2.42. The lowest BCUT2D eigenvalue weighted by atomic mass is 10.0. The van der Waals surface area contributed by atoms with Gasteiger partial charge in [0.25, 0.3) is 0 Å². The highest BCUT2D eigenvalue weighted by Gasteiger charge is 2.33. The molecule has 0 radical (unpaired) electrons. The van der Waals surface area contributed by atoms with Crippen molar-refractivity contribution >= 4 is 15.6 Å². The van der Waals surface area contributed by atoms with Crippen molar-refractivity contribution in [2.45, 2.75) is 30.6 Å². The molecule has 1 saturated carbocycles. The maximum Gasteiger partial charge on any atom is 0.199 e. The van der Waals surface area contributed by atoms with Gasteiger partial charge in [0.15, 0.2) is 21.4 Å². The molecule has 3 rings (SSSR count). The van der Waals surface area contributed by atoms with Gasteiger partial charge in [-0.1, -0.05) is 24.2 Å². The number of hydrogen-bond donors (Lipinski definition) is 0. The first-order valence-electron chi connectivity index (χ1n) is 6.85. The van der Waals surface area contributed by atoms with Crippen LogP contribution in [-0.2, 0) is 9.84 Å². The molecule has 1 aliphatic rings. The van der Waals surface area contributed by atoms with Crippen LogP contribution in [-0.4, -0.2) is 25.1 Å². The van der Waals surface area contributed by atoms with Crippen molar-refractivity contribution in [2.75, 3.05) is 5.75 Å². The van der Waals surface area contributed by atoms with Crippen LogP contribution in [0.2, 0.25) is 0 Å². The quantitative estimate of drug-likeness (QED) is 0.793. The molecule has 5 nitrogen and oxygen atoms in total. The molecule has 21 heavy (non-hydrogen) atoms. The van der Waals surface area contributed by atoms with E-state index in [1.807, 2.05) is 0 Å². The molecule has 0 saturated heterocycles. The van der Waals surface area contributed by atoms with Gasteiger partial charge in [0.1, 0.15) is 0 Å². The molecule has 1 aliphatic carbocycles. The number of aromatic nitrogens is 1. The van der Waals surface area contributed by atoms with Crippen molar-refractivity contribution in [1.82, 2.24) is 5.16 Å². The third-order valence-electron chi connectivity index (χ3n) is 3.64. The Labute approximate surface area is 122 Å². The van der Waals surface area contributed by atoms with E-state index in [2.05, 4.69) is 5.16 Å². The fourth-order valence-electron chi connectivity index (χ4n) is 2.29. The summed E-state index contributed by atoms with van der Waals surface area (Å²) in [5, 5.41) is 3.70. The average molecular weight is 305 g/mol. The molecule has 1 fully saturated rings. The van der Waals surface area contributed by atoms with Crippen LogP contribution in [0.1, 0.15) is 47.4 Å². The van der Waals surface area contributed by atoms with Gasteiger partial charge in [-0.25, -0.2) is 8.42 Å². The van der Waals surface area contributed by atoms with Crippen molar-refractivity contribution in [2.24, 2.45) is 0 Å². The monoisotopic (exact) mass is 305 g/mol. The van der Waals surface area contributed by atoms with Crippen LogP contribution in [0.3, 0.4) is 0 Å². The smallest absolute Gasteiger partial charge is 0.199 e. The Bertz CT molecular complexity index is 788. The van der Waals surface area contributed by atoms with E-state index >= 15 is 0 Å². The summed E-state index contributed by atoms with van der Waals surface area (Å²) >= 11 is 0. The van der Waals surface area contributed by atoms with E-state index in [1.165, 1.54) is 18.3 Å². The first-order valence-corrected chi connectivity index (χ1v) is 8.51. The summed E-state index contributed by atoms with van der Waals surface area (Å²) < 4.78 is 29.4. The lowest BCUT2D eigenvalue weighted by Gasteiger charge is -2.08. The second kappa shape index (κ2) is 5.11. The van der Waals surface area contributed by atoms with Crippen molar-refractivity contribution in [3.05, 3.63) is 47.3 Å². The standard InChI is InChI=1S/C15H15NO4S/c1-2-21(18,19)13-6-4-3-5-11(13)14(17)12-9-16-20-15(12)10-7-8-10/h3-6,9-10H,2,7-8H2,1H3. The molecule has 6 heteroatoms. The topological polar surface area (TPSA) is 77.2 Å². The molecule has 0 N–H and O–H groups in total. The first-order chi connectivity index (χ1) is 10.0. The Hall–Kier alpha value is -1.95. The predicted octanol–water partition coefficient (Wildman–Crippen LogP) is 2.58. The van der Waals surface area contributed by atoms with E-state index in [-0.39, 0.29) is 27.9 Å². The second-order valence-electron chi connectivity index (χ2n) is 5.11. The normalized spacial score (nSPS) is 15.1. The molecule has 1 aromatic carbocycles. The zero-order valence-corrected chi connectivity index (χ0v) is 12.4. The number of nitrogens with zero attached hydrogens (tertiary/aromatic N) is 1. The summed E-state index contributed by atoms with van der Waals surface area (Å²) in [4.78, 5) is 12.7. The van der Waals surface area contributed by atoms with Crippen LogP contribution < -0.4 is 0 Å². The number of carbonyl (C=O) groups excluding carboxylic acids is 1. The van der Waals surface area contributed by atoms with Gasteiger partial charge in [-0.2, -0.15) is 0 Å². The van der Waals surface area contributed by atoms with Gasteiger partial charge in [0.2, 0.25) is 0 Å². The van der Waals surface area contributed by atoms with E-state index < -0.39 is 9.84 Å². The minimum atomic E-state index is -3.45. The van der Waals surface area contributed by atoms with Gasteiger partial charge < -0.3 is 4.52 Å². The average Bonchev–Trinajstić information content (AvgIpc) is 3.23. The van der Waals surface area contributed by atoms with E-state index in [0.29, 0.717) is 11.3 Å². The van der Waals surface area contributed by atoms with Crippen LogP contribution in [0, 0.1) is 0 Å². The summed E-state index contributed by atoms with van der Waals surface area (Å²) in [6, 6.07) is 6.28. The molecule has 0 unspecified atom stereocenters. The number of rotatable bonds is 5. The molecule has 0 amide bonds. The maximum absolute atomic E-state index is 12.7. The predicted molar refractivity (Wildman–Crippen MR) is 76.1 cm³/mol. The fraction of sp³-hybridized carbons (Fsp3) is 0.333. The highest BCUT2D eigenvalue weighted by molar-refractivity contribution is 7.91. The Balaban J connectivity index is 2.08. The minimum absolute atomic E-state index is 0.0452. The number of hydrogen-bond acceptors (Lipinski definition) is 5. The lowest BCUT2D eigenvalue weighted by Crippen LogP contribution is -2.12. The van der Waals surface area contributed by atoms with E-state index in [9.17, 15) is 13.2 Å². The number of ketones is 1. The van der Waals surface area contributed by atoms with Crippen molar-refractivity contribution in [3.8, 4) is 0 Å². The van der Waals surface area contributed by atoms with E-state index in [0.717, 1.165) is 12.8 Å². The summed E-state index contributed by atoms with van der Waals surface area (Å²) in [6.07, 6.45) is 3.33. The van der Waals surface area contributed by atoms with Gasteiger partial charge in [0.05, 0.1) is 22.4 Å². The summed E-state index contributed by atoms with van der Waals surface area (Å²) in [5.41, 5.74) is 0.556. The lowest BCUT2D eigenvalue weighted by molar-refractivity contribution is 0.103. The zero-order chi connectivity index (χ0) is 15.0. The van der Waals surface area contributed by atoms with Crippen molar-refractivity contribution in [1.29, 1.82) is 0 Å². The van der Waals surface area contributed by atoms with Gasteiger partial charge in [-0.3, -0.25) is 4.79 Å². The number of carbonyl (C=O) groups is 1. The molecule has 0 atom stereocenters. The van der Waals surface area contributed by atoms with Crippen molar-refractivity contribution < 1.29 is 17.7 Å². The second-order valence-corrected chi connectivity index (χ2v) is 7.35. The molecule has 0 bridgehead atoms. The maximum atomic E-state index is 12.7. The highest BCUT2D eigenvalue weighted by atomic mass is 32.2. The molecule has 110 valence electrons. The largest absolute Gasteiger partial charge is 0.360 e. The summed E-state index contributed by atoms with van der Waals surface area (Å²) in [5.74, 6) is 0.423. The third-order valence-corrected chi connectivity index (χ3v) is 5.42. The van der Waals surface area contributed by atoms with E-state index in [4.69, 9.17) is 4.52 Å². The van der Waals surface area contributed by atoms with Crippen LogP contribution in [0.15, 0.2) is 39.9 Å². The van der Waals surface area contributed by atoms with Gasteiger partial charge in [-0.15, -0.1) is 0 Å². The van der Waals surface area contributed by atoms with Crippen LogP contribution in [0.5, 0.6) is 0 Å². The molecule has 0 aliphatic heterocycles.